The predicted molar refractivity (Wildman–Crippen MR) is 175 cm³/mol. The molecule has 2 aromatic rings. The van der Waals surface area contributed by atoms with Crippen LogP contribution in [-0.4, -0.2) is 53.2 Å². The molecule has 3 N–H and O–H groups in total. The van der Waals surface area contributed by atoms with Crippen molar-refractivity contribution in [2.24, 2.45) is 17.8 Å². The summed E-state index contributed by atoms with van der Waals surface area (Å²) in [6.45, 7) is 8.73. The molecule has 2 aliphatic carbocycles. The van der Waals surface area contributed by atoms with Crippen LogP contribution in [0.15, 0.2) is 36.4 Å². The fourth-order valence-corrected chi connectivity index (χ4v) is 8.67. The van der Waals surface area contributed by atoms with Crippen LogP contribution in [0, 0.1) is 17.8 Å². The Morgan fingerprint density at radius 2 is 2.00 bits per heavy atom. The van der Waals surface area contributed by atoms with E-state index in [1.165, 1.54) is 11.1 Å². The molecule has 0 aromatic heterocycles. The van der Waals surface area contributed by atoms with Crippen LogP contribution in [0.2, 0.25) is 5.02 Å². The van der Waals surface area contributed by atoms with Gasteiger partial charge in [-0.2, -0.15) is 0 Å². The van der Waals surface area contributed by atoms with Crippen molar-refractivity contribution < 1.29 is 19.7 Å². The monoisotopic (exact) mass is 614 g/mol. The van der Waals surface area contributed by atoms with Crippen LogP contribution < -0.4 is 14.4 Å². The molecule has 6 nitrogen and oxygen atoms in total. The molecule has 6 atom stereocenters. The number of carbonyl (C=O) groups excluding carboxylic acids is 1. The summed E-state index contributed by atoms with van der Waals surface area (Å²) in [5.41, 5.74) is 3.96. The van der Waals surface area contributed by atoms with Gasteiger partial charge in [0.25, 0.3) is 5.91 Å². The minimum atomic E-state index is -1.28. The number of aryl methyl sites for hydroxylation is 1. The quantitative estimate of drug-likeness (QED) is 0.205. The number of hydrogen-bond acceptors (Lipinski definition) is 5. The number of halogens is 1. The maximum Gasteiger partial charge on any atom is 0.260 e. The van der Waals surface area contributed by atoms with E-state index in [0.29, 0.717) is 35.7 Å². The minimum absolute atomic E-state index is 0.104. The number of nitrogens with one attached hydrogen (secondary N) is 1. The number of ether oxygens (including phenoxy) is 1. The van der Waals surface area contributed by atoms with Crippen LogP contribution in [-0.2, 0) is 11.8 Å². The fourth-order valence-electron chi connectivity index (χ4n) is 7.24. The molecule has 1 heterocycles. The first-order valence-electron chi connectivity index (χ1n) is 15.6. The lowest BCUT2D eigenvalue weighted by atomic mass is 9.69. The normalized spacial score (nSPS) is 25.5. The summed E-state index contributed by atoms with van der Waals surface area (Å²) < 4.78 is 9.79. The third-order valence-electron chi connectivity index (χ3n) is 10.1. The Labute approximate surface area is 258 Å². The fraction of sp³-hybridized carbons (Fsp3) is 0.588. The Hall–Kier alpha value is -2.06. The van der Waals surface area contributed by atoms with E-state index in [1.807, 2.05) is 24.3 Å². The molecule has 8 heteroatoms. The van der Waals surface area contributed by atoms with Gasteiger partial charge in [-0.3, -0.25) is 4.79 Å². The molecule has 0 saturated heterocycles. The van der Waals surface area contributed by atoms with Crippen LogP contribution in [0.25, 0.3) is 0 Å². The van der Waals surface area contributed by atoms with E-state index in [4.69, 9.17) is 16.3 Å². The van der Waals surface area contributed by atoms with Gasteiger partial charge in [0, 0.05) is 40.8 Å². The van der Waals surface area contributed by atoms with Crippen molar-refractivity contribution in [2.75, 3.05) is 24.6 Å². The molecule has 3 aliphatic rings. The lowest BCUT2D eigenvalue weighted by Crippen LogP contribution is -2.48. The lowest BCUT2D eigenvalue weighted by Gasteiger charge is -2.44. The molecule has 230 valence electrons. The van der Waals surface area contributed by atoms with E-state index in [9.17, 15) is 15.0 Å². The van der Waals surface area contributed by atoms with E-state index < -0.39 is 17.0 Å². The van der Waals surface area contributed by atoms with E-state index >= 15 is 0 Å². The molecular formula is C34H47ClN2O4S. The molecule has 1 aliphatic heterocycles. The lowest BCUT2D eigenvalue weighted by molar-refractivity contribution is -0.0720. The molecule has 1 spiro atoms. The number of rotatable bonds is 10. The molecule has 42 heavy (non-hydrogen) atoms. The average Bonchev–Trinajstić information content (AvgIpc) is 3.10. The molecule has 1 amide bonds. The van der Waals surface area contributed by atoms with Crippen LogP contribution in [0.4, 0.5) is 5.69 Å². The van der Waals surface area contributed by atoms with E-state index in [0.717, 1.165) is 74.5 Å². The van der Waals surface area contributed by atoms with Gasteiger partial charge in [-0.25, -0.2) is 0 Å². The third kappa shape index (κ3) is 6.69. The second-order valence-electron chi connectivity index (χ2n) is 12.9. The summed E-state index contributed by atoms with van der Waals surface area (Å²) in [5.74, 6) is 6.12. The van der Waals surface area contributed by atoms with Crippen LogP contribution >= 0.6 is 22.3 Å². The molecule has 5 rings (SSSR count). The average molecular weight is 615 g/mol. The highest BCUT2D eigenvalue weighted by Gasteiger charge is 2.43. The number of benzene rings is 2. The van der Waals surface area contributed by atoms with Gasteiger partial charge in [0.2, 0.25) is 0 Å². The first-order chi connectivity index (χ1) is 20.1. The first kappa shape index (κ1) is 31.4. The second-order valence-corrected chi connectivity index (χ2v) is 15.2. The number of aliphatic hydroxyl groups excluding tert-OH is 1. The summed E-state index contributed by atoms with van der Waals surface area (Å²) >= 11 is 6.40. The van der Waals surface area contributed by atoms with E-state index in [2.05, 4.69) is 48.4 Å². The van der Waals surface area contributed by atoms with Gasteiger partial charge < -0.3 is 24.6 Å². The van der Waals surface area contributed by atoms with Gasteiger partial charge in [-0.1, -0.05) is 61.4 Å². The van der Waals surface area contributed by atoms with Crippen molar-refractivity contribution in [2.45, 2.75) is 89.1 Å². The zero-order chi connectivity index (χ0) is 30.0. The molecular weight excluding hydrogens is 568 g/mol. The van der Waals surface area contributed by atoms with Crippen molar-refractivity contribution in [1.82, 2.24) is 4.72 Å². The number of fused-ring (bicyclic) bond motifs is 3. The SMILES string of the molecule is C=S(NC(=O)c1ccc2c(c1)N(CC1CCC1CC(O)O)C[C@@]1(CCCc3cc(Cl)ccc31)CO2)C(C)C(C)CCC. The highest BCUT2D eigenvalue weighted by molar-refractivity contribution is 8.13. The number of nitrogens with zero attached hydrogens (tertiary/aromatic N) is 1. The zero-order valence-corrected chi connectivity index (χ0v) is 26.9. The summed E-state index contributed by atoms with van der Waals surface area (Å²) in [5, 5.41) is 20.4. The number of carbonyl (C=O) groups is 1. The topological polar surface area (TPSA) is 82.0 Å². The third-order valence-corrected chi connectivity index (χ3v) is 12.1. The van der Waals surface area contributed by atoms with Gasteiger partial charge in [-0.05, 0) is 97.7 Å². The van der Waals surface area contributed by atoms with Crippen LogP contribution in [0.1, 0.15) is 87.2 Å². The van der Waals surface area contributed by atoms with Crippen molar-refractivity contribution in [1.29, 1.82) is 0 Å². The summed E-state index contributed by atoms with van der Waals surface area (Å²) in [7, 11) is -0.491. The first-order valence-corrected chi connectivity index (χ1v) is 17.4. The maximum absolute atomic E-state index is 13.5. The smallest absolute Gasteiger partial charge is 0.260 e. The standard InChI is InChI=1S/C34H47ClN2O4S/c1-5-7-22(2)23(3)42(4)36-33(40)26-11-14-31-30(17-26)37(19-27-10-9-24(27)18-32(38)39)20-34(21-41-31)15-6-8-25-16-28(35)12-13-29(25)34/h11-14,16-17,22-24,27,32,38-39H,4-10,15,18-21H2,1-3H3,(H,36,40)/t22?,23?,24?,27?,34-,42?/m0/s1. The molecule has 0 bridgehead atoms. The zero-order valence-electron chi connectivity index (χ0n) is 25.3. The Balaban J connectivity index is 1.45. The number of aliphatic hydroxyl groups is 2. The van der Waals surface area contributed by atoms with E-state index in [1.54, 1.807) is 0 Å². The Bertz CT molecular complexity index is 1300. The maximum atomic E-state index is 13.5. The minimum Gasteiger partial charge on any atom is -0.490 e. The highest BCUT2D eigenvalue weighted by atomic mass is 35.5. The Morgan fingerprint density at radius 1 is 1.21 bits per heavy atom. The van der Waals surface area contributed by atoms with Crippen LogP contribution in [0.3, 0.4) is 0 Å². The van der Waals surface area contributed by atoms with Crippen molar-refractivity contribution >= 4 is 39.7 Å². The van der Waals surface area contributed by atoms with Gasteiger partial charge >= 0.3 is 0 Å². The number of hydrogen-bond donors (Lipinski definition) is 3. The summed E-state index contributed by atoms with van der Waals surface area (Å²) in [4.78, 5) is 15.9. The van der Waals surface area contributed by atoms with Gasteiger partial charge in [0.05, 0.1) is 12.3 Å². The summed E-state index contributed by atoms with van der Waals surface area (Å²) in [6.07, 6.45) is 6.51. The van der Waals surface area contributed by atoms with Gasteiger partial charge in [-0.15, -0.1) is 0 Å². The Morgan fingerprint density at radius 3 is 2.71 bits per heavy atom. The Kier molecular flexibility index (Phi) is 9.93. The molecule has 5 unspecified atom stereocenters. The highest BCUT2D eigenvalue weighted by Crippen LogP contribution is 2.46. The van der Waals surface area contributed by atoms with Crippen molar-refractivity contribution in [3.05, 3.63) is 58.1 Å². The molecule has 2 aromatic carbocycles. The summed E-state index contributed by atoms with van der Waals surface area (Å²) in [6, 6.07) is 12.1. The van der Waals surface area contributed by atoms with Gasteiger partial charge in [0.1, 0.15) is 5.75 Å². The van der Waals surface area contributed by atoms with Gasteiger partial charge in [0.15, 0.2) is 6.29 Å². The van der Waals surface area contributed by atoms with E-state index in [-0.39, 0.29) is 17.2 Å². The molecule has 1 fully saturated rings. The number of anilines is 1. The largest absolute Gasteiger partial charge is 0.490 e. The second kappa shape index (κ2) is 13.3. The van der Waals surface area contributed by atoms with Crippen molar-refractivity contribution in [3.63, 3.8) is 0 Å². The molecule has 0 radical (unpaired) electrons. The van der Waals surface area contributed by atoms with Crippen molar-refractivity contribution in [3.8, 4) is 5.75 Å². The number of amides is 1. The molecule has 1 saturated carbocycles. The predicted octanol–water partition coefficient (Wildman–Crippen LogP) is 6.71. The van der Waals surface area contributed by atoms with Crippen LogP contribution in [0.5, 0.6) is 5.75 Å².